The first-order chi connectivity index (χ1) is 12.5. The second-order valence-electron chi connectivity index (χ2n) is 7.14. The summed E-state index contributed by atoms with van der Waals surface area (Å²) in [4.78, 5) is 17.3. The Bertz CT molecular complexity index is 513. The van der Waals surface area contributed by atoms with Crippen LogP contribution in [-0.4, -0.2) is 67.4 Å². The molecule has 1 aliphatic heterocycles. The zero-order valence-electron chi connectivity index (χ0n) is 14.5. The van der Waals surface area contributed by atoms with Gasteiger partial charge in [-0.3, -0.25) is 4.79 Å². The monoisotopic (exact) mass is 438 g/mol. The molecule has 26 heavy (non-hydrogen) atoms. The topological polar surface area (TPSA) is 69.2 Å². The second kappa shape index (κ2) is 9.41. The summed E-state index contributed by atoms with van der Waals surface area (Å²) in [6, 6.07) is -0.661. The summed E-state index contributed by atoms with van der Waals surface area (Å²) in [7, 11) is 0. The van der Waals surface area contributed by atoms with Crippen LogP contribution in [0.1, 0.15) is 32.1 Å². The minimum atomic E-state index is -1.36. The van der Waals surface area contributed by atoms with Crippen molar-refractivity contribution in [1.82, 2.24) is 5.32 Å². The quantitative estimate of drug-likeness (QED) is 0.406. The maximum Gasteiger partial charge on any atom is 0.266 e. The third-order valence-corrected chi connectivity index (χ3v) is 6.36. The van der Waals surface area contributed by atoms with Crippen molar-refractivity contribution in [3.8, 4) is 0 Å². The summed E-state index contributed by atoms with van der Waals surface area (Å²) < 4.78 is 38.3. The van der Waals surface area contributed by atoms with E-state index in [1.165, 1.54) is 0 Å². The lowest BCUT2D eigenvalue weighted by Crippen LogP contribution is -2.47. The van der Waals surface area contributed by atoms with Gasteiger partial charge in [-0.1, -0.05) is 21.1 Å². The lowest BCUT2D eigenvalue weighted by molar-refractivity contribution is -0.163. The summed E-state index contributed by atoms with van der Waals surface area (Å²) in [5, 5.41) is 6.20. The molecule has 0 aromatic rings. The van der Waals surface area contributed by atoms with Gasteiger partial charge in [-0.15, -0.1) is 0 Å². The van der Waals surface area contributed by atoms with E-state index < -0.39 is 24.3 Å². The molecule has 2 aliphatic carbocycles. The van der Waals surface area contributed by atoms with E-state index in [-0.39, 0.29) is 35.8 Å². The van der Waals surface area contributed by atoms with Crippen molar-refractivity contribution >= 4 is 28.1 Å². The summed E-state index contributed by atoms with van der Waals surface area (Å²) >= 11 is 3.66. The Hall–Kier alpha value is -0.800. The maximum atomic E-state index is 13.7. The van der Waals surface area contributed by atoms with Crippen LogP contribution in [0.15, 0.2) is 5.16 Å². The molecule has 6 nitrogen and oxygen atoms in total. The van der Waals surface area contributed by atoms with Gasteiger partial charge in [0.25, 0.3) is 5.91 Å². The van der Waals surface area contributed by atoms with Crippen molar-refractivity contribution in [2.24, 2.45) is 11.1 Å². The molecule has 3 aliphatic rings. The zero-order valence-corrected chi connectivity index (χ0v) is 16.1. The van der Waals surface area contributed by atoms with Gasteiger partial charge in [0.2, 0.25) is 0 Å². The first kappa shape index (κ1) is 19.9. The van der Waals surface area contributed by atoms with Crippen molar-refractivity contribution in [2.75, 3.05) is 19.8 Å². The number of rotatable bonds is 5. The van der Waals surface area contributed by atoms with Crippen LogP contribution in [-0.2, 0) is 19.1 Å². The van der Waals surface area contributed by atoms with E-state index in [1.54, 1.807) is 0 Å². The van der Waals surface area contributed by atoms with Gasteiger partial charge in [-0.05, 0) is 25.7 Å². The molecular formula is C17H25BrF2N2O4. The Kier molecular flexibility index (Phi) is 7.22. The number of halogens is 3. The number of nitrogens with one attached hydrogen (secondary N) is 1. The van der Waals surface area contributed by atoms with Crippen LogP contribution < -0.4 is 5.32 Å². The fraction of sp³-hybridized carbons (Fsp3) is 0.882. The number of carbonyl (C=O) groups excluding carboxylic acids is 1. The number of carbonyl (C=O) groups is 1. The minimum Gasteiger partial charge on any atom is -0.395 e. The van der Waals surface area contributed by atoms with Crippen molar-refractivity contribution in [3.05, 3.63) is 0 Å². The normalized spacial score (nSPS) is 40.8. The Morgan fingerprint density at radius 2 is 1.92 bits per heavy atom. The van der Waals surface area contributed by atoms with Crippen LogP contribution in [0.2, 0.25) is 0 Å². The smallest absolute Gasteiger partial charge is 0.266 e. The van der Waals surface area contributed by atoms with Crippen molar-refractivity contribution in [3.63, 3.8) is 0 Å². The SMILES string of the molecule is O=C(/C=N/OCC1CC2OCCOC2CC1Br)NC1CCC(F)CC1F. The van der Waals surface area contributed by atoms with Crippen LogP contribution in [0.4, 0.5) is 8.78 Å². The first-order valence-electron chi connectivity index (χ1n) is 9.14. The van der Waals surface area contributed by atoms with Gasteiger partial charge in [0.15, 0.2) is 0 Å². The van der Waals surface area contributed by atoms with E-state index in [2.05, 4.69) is 26.4 Å². The van der Waals surface area contributed by atoms with Gasteiger partial charge in [-0.25, -0.2) is 8.78 Å². The molecule has 7 atom stereocenters. The summed E-state index contributed by atoms with van der Waals surface area (Å²) in [6.45, 7) is 1.60. The van der Waals surface area contributed by atoms with E-state index in [1.807, 2.05) is 0 Å². The molecule has 1 N–H and O–H groups in total. The molecule has 148 valence electrons. The van der Waals surface area contributed by atoms with E-state index in [0.29, 0.717) is 26.2 Å². The minimum absolute atomic E-state index is 0.0746. The van der Waals surface area contributed by atoms with Gasteiger partial charge >= 0.3 is 0 Å². The molecule has 0 aromatic carbocycles. The highest BCUT2D eigenvalue weighted by atomic mass is 79.9. The van der Waals surface area contributed by atoms with E-state index in [9.17, 15) is 13.6 Å². The summed E-state index contributed by atoms with van der Waals surface area (Å²) in [5.74, 6) is -0.328. The molecule has 1 saturated heterocycles. The Labute approximate surface area is 160 Å². The summed E-state index contributed by atoms with van der Waals surface area (Å²) in [6.07, 6.45) is 0.750. The molecule has 0 spiro atoms. The highest BCUT2D eigenvalue weighted by Gasteiger charge is 2.39. The van der Waals surface area contributed by atoms with Crippen molar-refractivity contribution in [1.29, 1.82) is 0 Å². The van der Waals surface area contributed by atoms with E-state index in [4.69, 9.17) is 14.3 Å². The van der Waals surface area contributed by atoms with E-state index in [0.717, 1.165) is 19.1 Å². The van der Waals surface area contributed by atoms with Crippen LogP contribution in [0, 0.1) is 5.92 Å². The molecule has 3 fully saturated rings. The predicted octanol–water partition coefficient (Wildman–Crippen LogP) is 2.29. The Balaban J connectivity index is 1.37. The molecule has 7 unspecified atom stereocenters. The molecule has 0 aromatic heterocycles. The number of alkyl halides is 3. The lowest BCUT2D eigenvalue weighted by Gasteiger charge is -2.40. The first-order valence-corrected chi connectivity index (χ1v) is 10.1. The zero-order chi connectivity index (χ0) is 18.5. The average Bonchev–Trinajstić information content (AvgIpc) is 2.61. The third kappa shape index (κ3) is 5.36. The molecule has 1 amide bonds. The number of ether oxygens (including phenoxy) is 2. The standard InChI is InChI=1S/C17H25BrF2N2O4/c18-12-7-16-15(24-3-4-25-16)5-10(12)9-26-21-8-17(23)22-14-2-1-11(19)6-13(14)20/h8,10-16H,1-7,9H2,(H,22,23)/b21-8+. The molecule has 3 rings (SSSR count). The average molecular weight is 439 g/mol. The Morgan fingerprint density at radius 3 is 2.65 bits per heavy atom. The molecule has 0 bridgehead atoms. The number of amides is 1. The highest BCUT2D eigenvalue weighted by molar-refractivity contribution is 9.09. The van der Waals surface area contributed by atoms with Crippen molar-refractivity contribution < 1.29 is 27.9 Å². The second-order valence-corrected chi connectivity index (χ2v) is 8.31. The Morgan fingerprint density at radius 1 is 1.19 bits per heavy atom. The van der Waals surface area contributed by atoms with Crippen LogP contribution >= 0.6 is 15.9 Å². The van der Waals surface area contributed by atoms with Gasteiger partial charge < -0.3 is 19.6 Å². The molecule has 0 radical (unpaired) electrons. The fourth-order valence-electron chi connectivity index (χ4n) is 3.76. The maximum absolute atomic E-state index is 13.7. The van der Waals surface area contributed by atoms with Crippen molar-refractivity contribution in [2.45, 2.75) is 67.5 Å². The van der Waals surface area contributed by atoms with Gasteiger partial charge in [-0.2, -0.15) is 0 Å². The largest absolute Gasteiger partial charge is 0.395 e. The van der Waals surface area contributed by atoms with E-state index >= 15 is 0 Å². The molecule has 2 saturated carbocycles. The van der Waals surface area contributed by atoms with Crippen LogP contribution in [0.5, 0.6) is 0 Å². The highest BCUT2D eigenvalue weighted by Crippen LogP contribution is 2.35. The summed E-state index contributed by atoms with van der Waals surface area (Å²) in [5.41, 5.74) is 0. The molecular weight excluding hydrogens is 414 g/mol. The lowest BCUT2D eigenvalue weighted by atomic mass is 9.85. The molecule has 9 heteroatoms. The number of fused-ring (bicyclic) bond motifs is 1. The number of hydrogen-bond donors (Lipinski definition) is 1. The third-order valence-electron chi connectivity index (χ3n) is 5.24. The number of nitrogens with zero attached hydrogens (tertiary/aromatic N) is 1. The molecule has 1 heterocycles. The van der Waals surface area contributed by atoms with Crippen LogP contribution in [0.3, 0.4) is 0 Å². The number of hydrogen-bond acceptors (Lipinski definition) is 5. The van der Waals surface area contributed by atoms with Gasteiger partial charge in [0.05, 0.1) is 31.5 Å². The number of oxime groups is 1. The predicted molar refractivity (Wildman–Crippen MR) is 94.9 cm³/mol. The van der Waals surface area contributed by atoms with Gasteiger partial charge in [0, 0.05) is 17.2 Å². The van der Waals surface area contributed by atoms with Gasteiger partial charge in [0.1, 0.15) is 25.2 Å². The fourth-order valence-corrected chi connectivity index (χ4v) is 4.50. The van der Waals surface area contributed by atoms with Crippen LogP contribution in [0.25, 0.3) is 0 Å².